The van der Waals surface area contributed by atoms with Gasteiger partial charge in [0.15, 0.2) is 0 Å². The molecule has 0 aliphatic carbocycles. The SMILES string of the molecule is CCN(Cc1ccc(C(=O)N2CCN(CC(=O)NCc3ccccc3)CC2)cc1)C(C)C. The van der Waals surface area contributed by atoms with E-state index in [1.165, 1.54) is 5.56 Å². The molecule has 0 aromatic heterocycles. The van der Waals surface area contributed by atoms with Crippen molar-refractivity contribution in [1.82, 2.24) is 20.0 Å². The summed E-state index contributed by atoms with van der Waals surface area (Å²) in [7, 11) is 0. The predicted molar refractivity (Wildman–Crippen MR) is 128 cm³/mol. The lowest BCUT2D eigenvalue weighted by molar-refractivity contribution is -0.122. The van der Waals surface area contributed by atoms with Crippen molar-refractivity contribution in [3.05, 3.63) is 71.3 Å². The zero-order valence-electron chi connectivity index (χ0n) is 19.6. The highest BCUT2D eigenvalue weighted by atomic mass is 16.2. The summed E-state index contributed by atoms with van der Waals surface area (Å²) >= 11 is 0. The summed E-state index contributed by atoms with van der Waals surface area (Å²) in [4.78, 5) is 31.6. The van der Waals surface area contributed by atoms with E-state index in [0.717, 1.165) is 24.2 Å². The van der Waals surface area contributed by atoms with Crippen LogP contribution in [0.3, 0.4) is 0 Å². The maximum absolute atomic E-state index is 12.9. The van der Waals surface area contributed by atoms with Crippen molar-refractivity contribution in [3.63, 3.8) is 0 Å². The molecular weight excluding hydrogens is 400 g/mol. The summed E-state index contributed by atoms with van der Waals surface area (Å²) in [5.41, 5.74) is 3.05. The van der Waals surface area contributed by atoms with Crippen molar-refractivity contribution >= 4 is 11.8 Å². The Morgan fingerprint density at radius 2 is 1.59 bits per heavy atom. The van der Waals surface area contributed by atoms with Crippen LogP contribution in [0.25, 0.3) is 0 Å². The quantitative estimate of drug-likeness (QED) is 0.657. The van der Waals surface area contributed by atoms with Crippen molar-refractivity contribution in [2.75, 3.05) is 39.3 Å². The van der Waals surface area contributed by atoms with Crippen LogP contribution < -0.4 is 5.32 Å². The normalized spacial score (nSPS) is 14.7. The molecule has 1 aliphatic heterocycles. The van der Waals surface area contributed by atoms with Crippen LogP contribution in [0.15, 0.2) is 54.6 Å². The Morgan fingerprint density at radius 3 is 2.19 bits per heavy atom. The summed E-state index contributed by atoms with van der Waals surface area (Å²) in [5.74, 6) is 0.0904. The third kappa shape index (κ3) is 6.90. The number of nitrogens with zero attached hydrogens (tertiary/aromatic N) is 3. The highest BCUT2D eigenvalue weighted by molar-refractivity contribution is 5.94. The van der Waals surface area contributed by atoms with Crippen molar-refractivity contribution < 1.29 is 9.59 Å². The van der Waals surface area contributed by atoms with E-state index in [0.29, 0.717) is 45.3 Å². The van der Waals surface area contributed by atoms with Gasteiger partial charge in [-0.3, -0.25) is 19.4 Å². The fraction of sp³-hybridized carbons (Fsp3) is 0.462. The molecular formula is C26H36N4O2. The molecule has 2 amide bonds. The average Bonchev–Trinajstić information content (AvgIpc) is 2.82. The molecule has 6 nitrogen and oxygen atoms in total. The second-order valence-corrected chi connectivity index (χ2v) is 8.68. The standard InChI is InChI=1S/C26H36N4O2/c1-4-29(21(2)3)19-23-10-12-24(13-11-23)26(32)30-16-14-28(15-17-30)20-25(31)27-18-22-8-6-5-7-9-22/h5-13,21H,4,14-20H2,1-3H3,(H,27,31). The zero-order chi connectivity index (χ0) is 22.9. The Labute approximate surface area is 192 Å². The first-order chi connectivity index (χ1) is 15.5. The Bertz CT molecular complexity index is 859. The van der Waals surface area contributed by atoms with Gasteiger partial charge in [-0.05, 0) is 43.7 Å². The molecule has 32 heavy (non-hydrogen) atoms. The molecule has 0 radical (unpaired) electrons. The van der Waals surface area contributed by atoms with Crippen LogP contribution in [0.4, 0.5) is 0 Å². The third-order valence-corrected chi connectivity index (χ3v) is 6.08. The summed E-state index contributed by atoms with van der Waals surface area (Å²) in [6.45, 7) is 12.1. The van der Waals surface area contributed by atoms with E-state index in [4.69, 9.17) is 0 Å². The number of hydrogen-bond acceptors (Lipinski definition) is 4. The molecule has 0 atom stereocenters. The van der Waals surface area contributed by atoms with Gasteiger partial charge < -0.3 is 10.2 Å². The van der Waals surface area contributed by atoms with E-state index in [-0.39, 0.29) is 11.8 Å². The summed E-state index contributed by atoms with van der Waals surface area (Å²) < 4.78 is 0. The Hall–Kier alpha value is -2.70. The molecule has 1 saturated heterocycles. The van der Waals surface area contributed by atoms with Gasteiger partial charge in [-0.15, -0.1) is 0 Å². The van der Waals surface area contributed by atoms with Gasteiger partial charge in [-0.2, -0.15) is 0 Å². The van der Waals surface area contributed by atoms with Gasteiger partial charge in [0.05, 0.1) is 6.54 Å². The molecule has 3 rings (SSSR count). The van der Waals surface area contributed by atoms with Crippen molar-refractivity contribution in [2.24, 2.45) is 0 Å². The van der Waals surface area contributed by atoms with E-state index < -0.39 is 0 Å². The molecule has 2 aromatic carbocycles. The van der Waals surface area contributed by atoms with Gasteiger partial charge in [0.25, 0.3) is 5.91 Å². The minimum atomic E-state index is 0.0201. The predicted octanol–water partition coefficient (Wildman–Crippen LogP) is 2.99. The van der Waals surface area contributed by atoms with E-state index in [1.54, 1.807) is 0 Å². The van der Waals surface area contributed by atoms with Crippen LogP contribution in [0.1, 0.15) is 42.3 Å². The lowest BCUT2D eigenvalue weighted by atomic mass is 10.1. The maximum Gasteiger partial charge on any atom is 0.253 e. The molecule has 0 bridgehead atoms. The van der Waals surface area contributed by atoms with Crippen molar-refractivity contribution in [1.29, 1.82) is 0 Å². The Morgan fingerprint density at radius 1 is 0.938 bits per heavy atom. The second-order valence-electron chi connectivity index (χ2n) is 8.68. The topological polar surface area (TPSA) is 55.9 Å². The molecule has 0 spiro atoms. The van der Waals surface area contributed by atoms with Gasteiger partial charge in [0.1, 0.15) is 0 Å². The second kappa shape index (κ2) is 11.8. The largest absolute Gasteiger partial charge is 0.351 e. The summed E-state index contributed by atoms with van der Waals surface area (Å²) in [6, 6.07) is 18.4. The van der Waals surface area contributed by atoms with Crippen LogP contribution >= 0.6 is 0 Å². The summed E-state index contributed by atoms with van der Waals surface area (Å²) in [6.07, 6.45) is 0. The smallest absolute Gasteiger partial charge is 0.253 e. The van der Waals surface area contributed by atoms with Gasteiger partial charge in [0.2, 0.25) is 5.91 Å². The summed E-state index contributed by atoms with van der Waals surface area (Å²) in [5, 5.41) is 2.97. The van der Waals surface area contributed by atoms with E-state index >= 15 is 0 Å². The number of benzene rings is 2. The first-order valence-electron chi connectivity index (χ1n) is 11.6. The fourth-order valence-corrected chi connectivity index (χ4v) is 3.99. The Kier molecular flexibility index (Phi) is 8.82. The maximum atomic E-state index is 12.9. The van der Waals surface area contributed by atoms with E-state index in [1.807, 2.05) is 47.4 Å². The zero-order valence-corrected chi connectivity index (χ0v) is 19.6. The molecule has 172 valence electrons. The Balaban J connectivity index is 1.43. The van der Waals surface area contributed by atoms with E-state index in [9.17, 15) is 9.59 Å². The number of rotatable bonds is 9. The fourth-order valence-electron chi connectivity index (χ4n) is 3.99. The van der Waals surface area contributed by atoms with E-state index in [2.05, 4.69) is 48.0 Å². The molecule has 0 unspecified atom stereocenters. The van der Waals surface area contributed by atoms with Crippen LogP contribution in [-0.4, -0.2) is 71.8 Å². The molecule has 2 aromatic rings. The highest BCUT2D eigenvalue weighted by Crippen LogP contribution is 2.13. The molecule has 1 aliphatic rings. The minimum absolute atomic E-state index is 0.0201. The average molecular weight is 437 g/mol. The van der Waals surface area contributed by atoms with Crippen LogP contribution in [0.5, 0.6) is 0 Å². The van der Waals surface area contributed by atoms with Crippen molar-refractivity contribution in [3.8, 4) is 0 Å². The van der Waals surface area contributed by atoms with Crippen LogP contribution in [0.2, 0.25) is 0 Å². The van der Waals surface area contributed by atoms with Gasteiger partial charge in [-0.1, -0.05) is 49.4 Å². The minimum Gasteiger partial charge on any atom is -0.351 e. The molecule has 1 N–H and O–H groups in total. The lowest BCUT2D eigenvalue weighted by Crippen LogP contribution is -2.51. The number of piperazine rings is 1. The van der Waals surface area contributed by atoms with Gasteiger partial charge in [-0.25, -0.2) is 0 Å². The number of nitrogens with one attached hydrogen (secondary N) is 1. The monoisotopic (exact) mass is 436 g/mol. The molecule has 1 fully saturated rings. The van der Waals surface area contributed by atoms with Gasteiger partial charge >= 0.3 is 0 Å². The molecule has 6 heteroatoms. The van der Waals surface area contributed by atoms with Gasteiger partial charge in [0, 0.05) is 50.9 Å². The van der Waals surface area contributed by atoms with Crippen molar-refractivity contribution in [2.45, 2.75) is 39.9 Å². The number of hydrogen-bond donors (Lipinski definition) is 1. The van der Waals surface area contributed by atoms with Crippen LogP contribution in [-0.2, 0) is 17.9 Å². The number of carbonyl (C=O) groups is 2. The highest BCUT2D eigenvalue weighted by Gasteiger charge is 2.23. The number of amides is 2. The lowest BCUT2D eigenvalue weighted by Gasteiger charge is -2.34. The first kappa shape index (κ1) is 24.0. The third-order valence-electron chi connectivity index (χ3n) is 6.08. The molecule has 0 saturated carbocycles. The first-order valence-corrected chi connectivity index (χ1v) is 11.6. The molecule has 1 heterocycles. The number of carbonyl (C=O) groups excluding carboxylic acids is 2. The van der Waals surface area contributed by atoms with Crippen LogP contribution in [0, 0.1) is 0 Å².